The zero-order chi connectivity index (χ0) is 11.7. The zero-order valence-electron chi connectivity index (χ0n) is 8.95. The van der Waals surface area contributed by atoms with E-state index in [2.05, 4.69) is 25.8 Å². The van der Waals surface area contributed by atoms with E-state index in [0.717, 1.165) is 10.7 Å². The molecule has 0 saturated heterocycles. The number of hydrogen-bond acceptors (Lipinski definition) is 4. The Morgan fingerprint density at radius 1 is 1.47 bits per heavy atom. The van der Waals surface area contributed by atoms with Gasteiger partial charge in [-0.2, -0.15) is 0 Å². The van der Waals surface area contributed by atoms with Gasteiger partial charge in [-0.05, 0) is 0 Å². The molecule has 0 radical (unpaired) electrons. The highest BCUT2D eigenvalue weighted by molar-refractivity contribution is 8.13. The fourth-order valence-electron chi connectivity index (χ4n) is 0.979. The topological polar surface area (TPSA) is 47.0 Å². The van der Waals surface area contributed by atoms with Crippen LogP contribution in [0.4, 0.5) is 0 Å². The van der Waals surface area contributed by atoms with Crippen molar-refractivity contribution in [3.63, 3.8) is 0 Å². The molecular weight excluding hydrogens is 254 g/mol. The molecule has 0 aliphatic heterocycles. The maximum absolute atomic E-state index is 10.8. The van der Waals surface area contributed by atoms with Crippen LogP contribution in [0.15, 0.2) is 5.38 Å². The molecule has 0 N–H and O–H groups in total. The van der Waals surface area contributed by atoms with Crippen LogP contribution in [-0.4, -0.2) is 19.2 Å². The van der Waals surface area contributed by atoms with Crippen molar-refractivity contribution in [3.8, 4) is 0 Å². The summed E-state index contributed by atoms with van der Waals surface area (Å²) in [6.07, 6.45) is 0.395. The van der Waals surface area contributed by atoms with Gasteiger partial charge in [-0.1, -0.05) is 20.8 Å². The highest BCUT2D eigenvalue weighted by Crippen LogP contribution is 2.24. The maximum atomic E-state index is 10.8. The van der Waals surface area contributed by atoms with Crippen molar-refractivity contribution in [2.24, 2.45) is 0 Å². The molecule has 0 aliphatic rings. The highest BCUT2D eigenvalue weighted by atomic mass is 35.7. The molecule has 1 rings (SSSR count). The van der Waals surface area contributed by atoms with E-state index in [9.17, 15) is 8.42 Å². The molecule has 0 atom stereocenters. The minimum absolute atomic E-state index is 0.00852. The molecule has 15 heavy (non-hydrogen) atoms. The molecule has 6 heteroatoms. The number of aryl methyl sites for hydroxylation is 1. The zero-order valence-corrected chi connectivity index (χ0v) is 11.3. The van der Waals surface area contributed by atoms with Gasteiger partial charge in [0.05, 0.1) is 16.5 Å². The molecule has 1 heterocycles. The Labute approximate surface area is 98.9 Å². The summed E-state index contributed by atoms with van der Waals surface area (Å²) in [5.41, 5.74) is 1.00. The first kappa shape index (κ1) is 12.9. The summed E-state index contributed by atoms with van der Waals surface area (Å²) in [4.78, 5) is 4.38. The predicted octanol–water partition coefficient (Wildman–Crippen LogP) is 2.55. The first-order chi connectivity index (χ1) is 6.68. The molecule has 86 valence electrons. The third-order valence-electron chi connectivity index (χ3n) is 1.88. The van der Waals surface area contributed by atoms with Crippen molar-refractivity contribution in [3.05, 3.63) is 16.1 Å². The Balaban J connectivity index is 2.70. The van der Waals surface area contributed by atoms with Crippen LogP contribution in [-0.2, 0) is 20.9 Å². The number of aromatic nitrogens is 1. The minimum Gasteiger partial charge on any atom is -0.246 e. The summed E-state index contributed by atoms with van der Waals surface area (Å²) < 4.78 is 21.5. The summed E-state index contributed by atoms with van der Waals surface area (Å²) in [5, 5.41) is 2.79. The second-order valence-electron chi connectivity index (χ2n) is 4.37. The Kier molecular flexibility index (Phi) is 3.79. The summed E-state index contributed by atoms with van der Waals surface area (Å²) in [6, 6.07) is 0. The van der Waals surface area contributed by atoms with Crippen molar-refractivity contribution < 1.29 is 8.42 Å². The van der Waals surface area contributed by atoms with Gasteiger partial charge >= 0.3 is 0 Å². The van der Waals surface area contributed by atoms with E-state index in [0.29, 0.717) is 6.42 Å². The van der Waals surface area contributed by atoms with E-state index in [-0.39, 0.29) is 11.2 Å². The minimum atomic E-state index is -3.41. The number of thiazole rings is 1. The number of halogens is 1. The molecule has 0 saturated carbocycles. The maximum Gasteiger partial charge on any atom is 0.233 e. The van der Waals surface area contributed by atoms with Crippen molar-refractivity contribution in [1.29, 1.82) is 0 Å². The lowest BCUT2D eigenvalue weighted by atomic mass is 9.93. The summed E-state index contributed by atoms with van der Waals surface area (Å²) in [6.45, 7) is 6.22. The number of nitrogens with zero attached hydrogens (tertiary/aromatic N) is 1. The summed E-state index contributed by atoms with van der Waals surface area (Å²) in [7, 11) is 1.72. The van der Waals surface area contributed by atoms with Gasteiger partial charge in [-0.3, -0.25) is 0 Å². The molecule has 3 nitrogen and oxygen atoms in total. The van der Waals surface area contributed by atoms with Crippen LogP contribution in [0.2, 0.25) is 0 Å². The van der Waals surface area contributed by atoms with Crippen molar-refractivity contribution in [2.75, 3.05) is 5.75 Å². The van der Waals surface area contributed by atoms with E-state index in [4.69, 9.17) is 10.7 Å². The molecule has 1 aromatic rings. The molecular formula is C9H14ClNO2S2. The van der Waals surface area contributed by atoms with Crippen LogP contribution in [0, 0.1) is 0 Å². The molecule has 0 spiro atoms. The van der Waals surface area contributed by atoms with E-state index < -0.39 is 9.05 Å². The monoisotopic (exact) mass is 267 g/mol. The lowest BCUT2D eigenvalue weighted by Gasteiger charge is -2.14. The third-order valence-corrected chi connectivity index (χ3v) is 3.94. The fraction of sp³-hybridized carbons (Fsp3) is 0.667. The average molecular weight is 268 g/mol. The molecule has 0 unspecified atom stereocenters. The van der Waals surface area contributed by atoms with Crippen LogP contribution in [0.25, 0.3) is 0 Å². The molecule has 1 aromatic heterocycles. The van der Waals surface area contributed by atoms with Gasteiger partial charge in [0.25, 0.3) is 0 Å². The number of hydrogen-bond donors (Lipinski definition) is 0. The standard InChI is InChI=1S/C9H14ClNO2S2/c1-9(2,3)7-6-14-8(11-7)4-5-15(10,12)13/h6H,4-5H2,1-3H3. The SMILES string of the molecule is CC(C)(C)c1csc(CCS(=O)(=O)Cl)n1. The van der Waals surface area contributed by atoms with Crippen LogP contribution >= 0.6 is 22.0 Å². The molecule has 0 bridgehead atoms. The highest BCUT2D eigenvalue weighted by Gasteiger charge is 2.17. The van der Waals surface area contributed by atoms with Crippen LogP contribution in [0.3, 0.4) is 0 Å². The Bertz CT molecular complexity index is 431. The van der Waals surface area contributed by atoms with Crippen molar-refractivity contribution in [2.45, 2.75) is 32.6 Å². The van der Waals surface area contributed by atoms with Crippen LogP contribution < -0.4 is 0 Å². The predicted molar refractivity (Wildman–Crippen MR) is 64.2 cm³/mol. The molecule has 0 aliphatic carbocycles. The Morgan fingerprint density at radius 3 is 2.47 bits per heavy atom. The molecule has 0 fully saturated rings. The normalized spacial score (nSPS) is 13.1. The number of rotatable bonds is 3. The van der Waals surface area contributed by atoms with Gasteiger partial charge in [0.15, 0.2) is 0 Å². The lowest BCUT2D eigenvalue weighted by molar-refractivity contribution is 0.571. The van der Waals surface area contributed by atoms with Gasteiger partial charge in [-0.15, -0.1) is 11.3 Å². The van der Waals surface area contributed by atoms with Crippen LogP contribution in [0.1, 0.15) is 31.5 Å². The average Bonchev–Trinajstić information content (AvgIpc) is 2.45. The summed E-state index contributed by atoms with van der Waals surface area (Å²) in [5.74, 6) is -0.0499. The fourth-order valence-corrected chi connectivity index (χ4v) is 2.80. The van der Waals surface area contributed by atoms with Crippen LogP contribution in [0.5, 0.6) is 0 Å². The van der Waals surface area contributed by atoms with Gasteiger partial charge in [0.2, 0.25) is 9.05 Å². The van der Waals surface area contributed by atoms with E-state index in [1.807, 2.05) is 5.38 Å². The second-order valence-corrected chi connectivity index (χ2v) is 8.21. The van der Waals surface area contributed by atoms with Gasteiger partial charge < -0.3 is 0 Å². The summed E-state index contributed by atoms with van der Waals surface area (Å²) >= 11 is 1.48. The second kappa shape index (κ2) is 4.39. The molecule has 0 aromatic carbocycles. The van der Waals surface area contributed by atoms with Crippen molar-refractivity contribution in [1.82, 2.24) is 4.98 Å². The first-order valence-corrected chi connectivity index (χ1v) is 7.91. The molecule has 0 amide bonds. The van der Waals surface area contributed by atoms with E-state index in [1.165, 1.54) is 11.3 Å². The van der Waals surface area contributed by atoms with E-state index >= 15 is 0 Å². The van der Waals surface area contributed by atoms with Gasteiger partial charge in [-0.25, -0.2) is 13.4 Å². The smallest absolute Gasteiger partial charge is 0.233 e. The Hall–Kier alpha value is -0.130. The van der Waals surface area contributed by atoms with Crippen molar-refractivity contribution >= 4 is 31.1 Å². The third kappa shape index (κ3) is 4.49. The first-order valence-electron chi connectivity index (χ1n) is 4.56. The van der Waals surface area contributed by atoms with Gasteiger partial charge in [0.1, 0.15) is 0 Å². The van der Waals surface area contributed by atoms with E-state index in [1.54, 1.807) is 0 Å². The quantitative estimate of drug-likeness (QED) is 0.791. The Morgan fingerprint density at radius 2 is 2.07 bits per heavy atom. The lowest BCUT2D eigenvalue weighted by Crippen LogP contribution is -2.11. The largest absolute Gasteiger partial charge is 0.246 e. The van der Waals surface area contributed by atoms with Gasteiger partial charge in [0, 0.05) is 27.9 Å².